The van der Waals surface area contributed by atoms with Crippen molar-refractivity contribution in [1.82, 2.24) is 24.3 Å². The maximum Gasteiger partial charge on any atom is 0.327 e. The number of hydrogen-bond acceptors (Lipinski definition) is 3. The molecule has 3 rings (SSSR count). The van der Waals surface area contributed by atoms with Crippen LogP contribution in [0.15, 0.2) is 29.5 Å². The summed E-state index contributed by atoms with van der Waals surface area (Å²) in [5, 5.41) is 4.67. The highest BCUT2D eigenvalue weighted by Gasteiger charge is 2.16. The molecule has 0 spiro atoms. The highest BCUT2D eigenvalue weighted by atomic mass is 35.5. The van der Waals surface area contributed by atoms with Crippen LogP contribution in [-0.4, -0.2) is 24.3 Å². The van der Waals surface area contributed by atoms with E-state index in [4.69, 9.17) is 11.6 Å². The normalized spacial score (nSPS) is 11.3. The molecule has 0 aliphatic heterocycles. The molecule has 0 aromatic carbocycles. The van der Waals surface area contributed by atoms with Crippen molar-refractivity contribution < 1.29 is 0 Å². The van der Waals surface area contributed by atoms with Crippen LogP contribution in [0.25, 0.3) is 16.9 Å². The van der Waals surface area contributed by atoms with Gasteiger partial charge in [-0.1, -0.05) is 24.9 Å². The van der Waals surface area contributed by atoms with Crippen molar-refractivity contribution in [2.24, 2.45) is 0 Å². The van der Waals surface area contributed by atoms with Gasteiger partial charge < -0.3 is 0 Å². The second-order valence-electron chi connectivity index (χ2n) is 4.54. The molecule has 104 valence electrons. The summed E-state index contributed by atoms with van der Waals surface area (Å²) in [5.41, 5.74) is 1.73. The largest absolute Gasteiger partial charge is 0.327 e. The molecule has 3 aromatic heterocycles. The first-order valence-electron chi connectivity index (χ1n) is 6.49. The third-order valence-electron chi connectivity index (χ3n) is 3.19. The fraction of sp³-hybridized carbons (Fsp3) is 0.308. The molecule has 0 aliphatic carbocycles. The highest BCUT2D eigenvalue weighted by molar-refractivity contribution is 6.33. The number of pyridine rings is 1. The molecule has 6 nitrogen and oxygen atoms in total. The number of aromatic nitrogens is 5. The summed E-state index contributed by atoms with van der Waals surface area (Å²) in [7, 11) is 0. The third-order valence-corrected chi connectivity index (χ3v) is 3.47. The van der Waals surface area contributed by atoms with E-state index in [0.717, 1.165) is 12.8 Å². The van der Waals surface area contributed by atoms with E-state index in [1.807, 2.05) is 6.07 Å². The van der Waals surface area contributed by atoms with Gasteiger partial charge in [-0.2, -0.15) is 5.10 Å². The van der Waals surface area contributed by atoms with Crippen LogP contribution in [0.1, 0.15) is 19.8 Å². The predicted octanol–water partition coefficient (Wildman–Crippen LogP) is 2.36. The second kappa shape index (κ2) is 5.13. The molecule has 0 amide bonds. The minimum absolute atomic E-state index is 0.170. The van der Waals surface area contributed by atoms with Crippen LogP contribution in [-0.2, 0) is 6.54 Å². The lowest BCUT2D eigenvalue weighted by atomic mass is 10.3. The van der Waals surface area contributed by atoms with Crippen LogP contribution >= 0.6 is 11.6 Å². The number of hydrogen-bond donors (Lipinski definition) is 1. The van der Waals surface area contributed by atoms with Gasteiger partial charge in [0.15, 0.2) is 5.65 Å². The molecule has 0 aliphatic rings. The van der Waals surface area contributed by atoms with Crippen LogP contribution in [0.5, 0.6) is 0 Å². The van der Waals surface area contributed by atoms with Crippen LogP contribution in [0.3, 0.4) is 0 Å². The van der Waals surface area contributed by atoms with Crippen LogP contribution in [0.4, 0.5) is 0 Å². The Morgan fingerprint density at radius 2 is 2.30 bits per heavy atom. The van der Waals surface area contributed by atoms with E-state index >= 15 is 0 Å². The van der Waals surface area contributed by atoms with Gasteiger partial charge in [0.25, 0.3) is 0 Å². The van der Waals surface area contributed by atoms with Crippen molar-refractivity contribution in [3.8, 4) is 5.69 Å². The minimum atomic E-state index is -0.170. The van der Waals surface area contributed by atoms with Gasteiger partial charge in [0.1, 0.15) is 11.2 Å². The van der Waals surface area contributed by atoms with Gasteiger partial charge in [-0.05, 0) is 12.5 Å². The molecule has 1 N–H and O–H groups in total. The number of unbranched alkanes of at least 4 members (excludes halogenated alkanes) is 1. The molecule has 0 fully saturated rings. The molecule has 0 saturated heterocycles. The highest BCUT2D eigenvalue weighted by Crippen LogP contribution is 2.26. The first-order valence-corrected chi connectivity index (χ1v) is 6.87. The average molecular weight is 292 g/mol. The number of rotatable bonds is 4. The number of aromatic amines is 1. The molecule has 3 heterocycles. The first kappa shape index (κ1) is 12.9. The Bertz CT molecular complexity index is 787. The Balaban J connectivity index is 2.32. The van der Waals surface area contributed by atoms with Crippen molar-refractivity contribution in [2.75, 3.05) is 0 Å². The molecular weight excluding hydrogens is 278 g/mol. The van der Waals surface area contributed by atoms with E-state index in [-0.39, 0.29) is 5.69 Å². The van der Waals surface area contributed by atoms with Gasteiger partial charge >= 0.3 is 5.69 Å². The summed E-state index contributed by atoms with van der Waals surface area (Å²) in [5.74, 6) is 0. The SMILES string of the molecule is CCCCn1c(=O)[nH]c2ncc(Cl)c(-n3cccn3)c21. The Hall–Kier alpha value is -2.08. The number of halogens is 1. The summed E-state index contributed by atoms with van der Waals surface area (Å²) in [4.78, 5) is 19.0. The Morgan fingerprint density at radius 3 is 3.00 bits per heavy atom. The first-order chi connectivity index (χ1) is 9.72. The average Bonchev–Trinajstić information content (AvgIpc) is 3.05. The minimum Gasteiger partial charge on any atom is -0.290 e. The van der Waals surface area contributed by atoms with E-state index in [1.165, 1.54) is 6.20 Å². The zero-order valence-corrected chi connectivity index (χ0v) is 11.8. The topological polar surface area (TPSA) is 68.5 Å². The van der Waals surface area contributed by atoms with Crippen molar-refractivity contribution in [3.05, 3.63) is 40.2 Å². The van der Waals surface area contributed by atoms with E-state index in [9.17, 15) is 4.79 Å². The standard InChI is InChI=1S/C13H14ClN5O/c1-2-3-6-18-11-10(19-7-4-5-16-19)9(14)8-15-12(11)17-13(18)20/h4-5,7-8H,2-3,6H2,1H3,(H,15,17,20). The number of fused-ring (bicyclic) bond motifs is 1. The maximum atomic E-state index is 12.1. The van der Waals surface area contributed by atoms with Crippen LogP contribution < -0.4 is 5.69 Å². The zero-order valence-electron chi connectivity index (χ0n) is 11.0. The molecule has 0 bridgehead atoms. The van der Waals surface area contributed by atoms with Gasteiger partial charge in [0.05, 0.1) is 11.2 Å². The van der Waals surface area contributed by atoms with Crippen molar-refractivity contribution in [3.63, 3.8) is 0 Å². The number of aryl methyl sites for hydroxylation is 1. The summed E-state index contributed by atoms with van der Waals surface area (Å²) >= 11 is 6.26. The molecule has 0 atom stereocenters. The fourth-order valence-electron chi connectivity index (χ4n) is 2.23. The Labute approximate surface area is 120 Å². The lowest BCUT2D eigenvalue weighted by Crippen LogP contribution is -2.17. The number of nitrogens with one attached hydrogen (secondary N) is 1. The zero-order chi connectivity index (χ0) is 14.1. The molecule has 0 radical (unpaired) electrons. The summed E-state index contributed by atoms with van der Waals surface area (Å²) < 4.78 is 3.33. The van der Waals surface area contributed by atoms with Gasteiger partial charge in [-0.15, -0.1) is 0 Å². The Kier molecular flexibility index (Phi) is 3.31. The summed E-state index contributed by atoms with van der Waals surface area (Å²) in [6, 6.07) is 1.81. The van der Waals surface area contributed by atoms with E-state index in [0.29, 0.717) is 28.4 Å². The van der Waals surface area contributed by atoms with Gasteiger partial charge in [0, 0.05) is 18.9 Å². The van der Waals surface area contributed by atoms with E-state index in [1.54, 1.807) is 21.6 Å². The third kappa shape index (κ3) is 2.02. The molecule has 20 heavy (non-hydrogen) atoms. The second-order valence-corrected chi connectivity index (χ2v) is 4.95. The maximum absolute atomic E-state index is 12.1. The van der Waals surface area contributed by atoms with Crippen molar-refractivity contribution in [2.45, 2.75) is 26.3 Å². The smallest absolute Gasteiger partial charge is 0.290 e. The van der Waals surface area contributed by atoms with E-state index < -0.39 is 0 Å². The van der Waals surface area contributed by atoms with E-state index in [2.05, 4.69) is 22.0 Å². The van der Waals surface area contributed by atoms with Crippen molar-refractivity contribution >= 4 is 22.8 Å². The Morgan fingerprint density at radius 1 is 1.45 bits per heavy atom. The van der Waals surface area contributed by atoms with Gasteiger partial charge in [-0.3, -0.25) is 9.55 Å². The molecule has 7 heteroatoms. The predicted molar refractivity (Wildman–Crippen MR) is 77.4 cm³/mol. The lowest BCUT2D eigenvalue weighted by molar-refractivity contribution is 0.628. The monoisotopic (exact) mass is 291 g/mol. The number of imidazole rings is 1. The molecule has 0 saturated carbocycles. The summed E-state index contributed by atoms with van der Waals surface area (Å²) in [6.45, 7) is 2.71. The van der Waals surface area contributed by atoms with Crippen LogP contribution in [0.2, 0.25) is 5.02 Å². The number of H-pyrrole nitrogens is 1. The quantitative estimate of drug-likeness (QED) is 0.802. The van der Waals surface area contributed by atoms with Crippen molar-refractivity contribution in [1.29, 1.82) is 0 Å². The summed E-state index contributed by atoms with van der Waals surface area (Å²) in [6.07, 6.45) is 6.91. The van der Waals surface area contributed by atoms with Gasteiger partial charge in [-0.25, -0.2) is 14.5 Å². The molecule has 0 unspecified atom stereocenters. The lowest BCUT2D eigenvalue weighted by Gasteiger charge is -2.09. The molecule has 3 aromatic rings. The van der Waals surface area contributed by atoms with Gasteiger partial charge in [0.2, 0.25) is 0 Å². The van der Waals surface area contributed by atoms with Crippen LogP contribution in [0, 0.1) is 0 Å². The fourth-order valence-corrected chi connectivity index (χ4v) is 2.46. The number of nitrogens with zero attached hydrogens (tertiary/aromatic N) is 4. The molecular formula is C13H14ClN5O.